The maximum Gasteiger partial charge on any atom is 0.243 e. The third kappa shape index (κ3) is 5.04. The maximum absolute atomic E-state index is 13.9. The standard InChI is InChI=1S/C9H12BrClFN3O4S2/c10-7-5(11)4-6(8(12)9(7)13)21(18,19)15-2-1-3-20(14,16)17/h4,15H,1-3,13H2,(H2,14,16,17). The van der Waals surface area contributed by atoms with Crippen LogP contribution in [0.25, 0.3) is 0 Å². The van der Waals surface area contributed by atoms with E-state index in [1.165, 1.54) is 0 Å². The summed E-state index contributed by atoms with van der Waals surface area (Å²) in [6, 6.07) is 0.902. The molecule has 0 heterocycles. The number of nitrogen functional groups attached to an aromatic ring is 1. The first-order valence-electron chi connectivity index (χ1n) is 5.39. The summed E-state index contributed by atoms with van der Waals surface area (Å²) < 4.78 is 61.3. The van der Waals surface area contributed by atoms with Crippen LogP contribution in [-0.4, -0.2) is 29.1 Å². The number of primary sulfonamides is 1. The molecule has 0 unspecified atom stereocenters. The first-order valence-corrected chi connectivity index (χ1v) is 9.76. The number of rotatable bonds is 6. The molecule has 12 heteroatoms. The van der Waals surface area contributed by atoms with Crippen LogP contribution in [0.4, 0.5) is 10.1 Å². The highest BCUT2D eigenvalue weighted by atomic mass is 79.9. The van der Waals surface area contributed by atoms with E-state index in [2.05, 4.69) is 15.9 Å². The van der Waals surface area contributed by atoms with Crippen LogP contribution < -0.4 is 15.6 Å². The summed E-state index contributed by atoms with van der Waals surface area (Å²) in [7, 11) is -7.91. The van der Waals surface area contributed by atoms with Gasteiger partial charge in [0.1, 0.15) is 4.90 Å². The quantitative estimate of drug-likeness (QED) is 0.353. The summed E-state index contributed by atoms with van der Waals surface area (Å²) in [4.78, 5) is -0.719. The Morgan fingerprint density at radius 1 is 1.33 bits per heavy atom. The highest BCUT2D eigenvalue weighted by Crippen LogP contribution is 2.34. The van der Waals surface area contributed by atoms with E-state index in [0.717, 1.165) is 6.07 Å². The molecule has 7 nitrogen and oxygen atoms in total. The molecule has 5 N–H and O–H groups in total. The third-order valence-electron chi connectivity index (χ3n) is 2.34. The zero-order valence-corrected chi connectivity index (χ0v) is 14.4. The fraction of sp³-hybridized carbons (Fsp3) is 0.333. The van der Waals surface area contributed by atoms with Crippen molar-refractivity contribution in [2.75, 3.05) is 18.0 Å². The van der Waals surface area contributed by atoms with Crippen molar-refractivity contribution in [1.82, 2.24) is 4.72 Å². The molecular formula is C9H12BrClFN3O4S2. The molecule has 21 heavy (non-hydrogen) atoms. The maximum atomic E-state index is 13.9. The summed E-state index contributed by atoms with van der Waals surface area (Å²) in [5, 5.41) is 4.70. The van der Waals surface area contributed by atoms with Crippen LogP contribution in [0.5, 0.6) is 0 Å². The van der Waals surface area contributed by atoms with Crippen molar-refractivity contribution in [3.8, 4) is 0 Å². The van der Waals surface area contributed by atoms with Crippen molar-refractivity contribution in [2.45, 2.75) is 11.3 Å². The van der Waals surface area contributed by atoms with Gasteiger partial charge in [-0.2, -0.15) is 0 Å². The van der Waals surface area contributed by atoms with E-state index < -0.39 is 42.2 Å². The van der Waals surface area contributed by atoms with E-state index in [1.807, 2.05) is 4.72 Å². The van der Waals surface area contributed by atoms with Gasteiger partial charge in [0.15, 0.2) is 5.82 Å². The van der Waals surface area contributed by atoms with Gasteiger partial charge in [0.2, 0.25) is 20.0 Å². The summed E-state index contributed by atoms with van der Waals surface area (Å²) >= 11 is 8.66. The zero-order valence-electron chi connectivity index (χ0n) is 10.4. The van der Waals surface area contributed by atoms with Crippen molar-refractivity contribution >= 4 is 53.3 Å². The van der Waals surface area contributed by atoms with Gasteiger partial charge in [-0.3, -0.25) is 0 Å². The Bertz CT molecular complexity index is 755. The Kier molecular flexibility index (Phi) is 5.98. The lowest BCUT2D eigenvalue weighted by atomic mass is 10.3. The average Bonchev–Trinajstić information content (AvgIpc) is 2.35. The van der Waals surface area contributed by atoms with Gasteiger partial charge in [-0.05, 0) is 28.4 Å². The Morgan fingerprint density at radius 3 is 2.43 bits per heavy atom. The molecule has 0 spiro atoms. The molecule has 0 saturated heterocycles. The lowest BCUT2D eigenvalue weighted by Gasteiger charge is -2.11. The van der Waals surface area contributed by atoms with Crippen LogP contribution in [-0.2, 0) is 20.0 Å². The Balaban J connectivity index is 2.94. The summed E-state index contributed by atoms with van der Waals surface area (Å²) in [5.74, 6) is -1.55. The number of anilines is 1. The second-order valence-electron chi connectivity index (χ2n) is 4.02. The van der Waals surface area contributed by atoms with E-state index in [9.17, 15) is 21.2 Å². The Labute approximate surface area is 135 Å². The second kappa shape index (κ2) is 6.75. The SMILES string of the molecule is Nc1c(F)c(S(=O)(=O)NCCCS(N)(=O)=O)cc(Cl)c1Br. The molecule has 0 amide bonds. The van der Waals surface area contributed by atoms with E-state index >= 15 is 0 Å². The second-order valence-corrected chi connectivity index (χ2v) is 8.69. The fourth-order valence-corrected chi connectivity index (χ4v) is 3.65. The van der Waals surface area contributed by atoms with Crippen LogP contribution in [0, 0.1) is 5.82 Å². The third-order valence-corrected chi connectivity index (χ3v) is 6.04. The van der Waals surface area contributed by atoms with Crippen LogP contribution >= 0.6 is 27.5 Å². The number of nitrogens with one attached hydrogen (secondary N) is 1. The fourth-order valence-electron chi connectivity index (χ4n) is 1.35. The van der Waals surface area contributed by atoms with Gasteiger partial charge in [0, 0.05) is 6.54 Å². The van der Waals surface area contributed by atoms with Gasteiger partial charge in [0.05, 0.1) is 20.9 Å². The predicted octanol–water partition coefficient (Wildman–Crippen LogP) is 0.781. The molecule has 0 aliphatic carbocycles. The summed E-state index contributed by atoms with van der Waals surface area (Å²) in [5.41, 5.74) is 4.96. The number of hydrogen-bond acceptors (Lipinski definition) is 5. The van der Waals surface area contributed by atoms with Crippen LogP contribution in [0.15, 0.2) is 15.4 Å². The minimum atomic E-state index is -4.22. The molecule has 0 aliphatic rings. The largest absolute Gasteiger partial charge is 0.395 e. The van der Waals surface area contributed by atoms with E-state index in [0.29, 0.717) is 0 Å². The number of benzene rings is 1. The monoisotopic (exact) mass is 423 g/mol. The lowest BCUT2D eigenvalue weighted by Crippen LogP contribution is -2.28. The highest BCUT2D eigenvalue weighted by molar-refractivity contribution is 9.10. The molecule has 1 rings (SSSR count). The van der Waals surface area contributed by atoms with Gasteiger partial charge >= 0.3 is 0 Å². The first kappa shape index (κ1) is 18.6. The Hall–Kier alpha value is -0.460. The zero-order chi connectivity index (χ0) is 16.4. The number of nitrogens with two attached hydrogens (primary N) is 2. The Morgan fingerprint density at radius 2 is 1.90 bits per heavy atom. The predicted molar refractivity (Wildman–Crippen MR) is 81.3 cm³/mol. The van der Waals surface area contributed by atoms with Gasteiger partial charge in [0.25, 0.3) is 0 Å². The molecule has 0 atom stereocenters. The smallest absolute Gasteiger partial charge is 0.243 e. The first-order chi connectivity index (χ1) is 9.46. The lowest BCUT2D eigenvalue weighted by molar-refractivity contribution is 0.556. The molecule has 0 bridgehead atoms. The van der Waals surface area contributed by atoms with Crippen LogP contribution in [0.2, 0.25) is 5.02 Å². The summed E-state index contributed by atoms with van der Waals surface area (Å²) in [6.07, 6.45) is -0.0561. The van der Waals surface area contributed by atoms with Gasteiger partial charge < -0.3 is 5.73 Å². The normalized spacial score (nSPS) is 12.6. The van der Waals surface area contributed by atoms with E-state index in [4.69, 9.17) is 22.5 Å². The van der Waals surface area contributed by atoms with Crippen LogP contribution in [0.1, 0.15) is 6.42 Å². The molecule has 0 radical (unpaired) electrons. The van der Waals surface area contributed by atoms with E-state index in [-0.39, 0.29) is 22.5 Å². The molecule has 120 valence electrons. The van der Waals surface area contributed by atoms with Crippen molar-refractivity contribution in [1.29, 1.82) is 0 Å². The average molecular weight is 425 g/mol. The summed E-state index contributed by atoms with van der Waals surface area (Å²) in [6.45, 7) is -0.230. The van der Waals surface area contributed by atoms with E-state index in [1.54, 1.807) is 0 Å². The number of halogens is 3. The molecule has 0 saturated carbocycles. The number of hydrogen-bond donors (Lipinski definition) is 3. The van der Waals surface area contributed by atoms with Gasteiger partial charge in [-0.25, -0.2) is 31.1 Å². The van der Waals surface area contributed by atoms with Crippen LogP contribution in [0.3, 0.4) is 0 Å². The van der Waals surface area contributed by atoms with Gasteiger partial charge in [-0.1, -0.05) is 11.6 Å². The van der Waals surface area contributed by atoms with Crippen molar-refractivity contribution in [3.05, 3.63) is 21.4 Å². The van der Waals surface area contributed by atoms with Gasteiger partial charge in [-0.15, -0.1) is 0 Å². The molecule has 0 aliphatic heterocycles. The minimum absolute atomic E-state index is 0.0508. The molecule has 1 aromatic rings. The molecular weight excluding hydrogens is 413 g/mol. The van der Waals surface area contributed by atoms with Crippen molar-refractivity contribution in [3.63, 3.8) is 0 Å². The topological polar surface area (TPSA) is 132 Å². The minimum Gasteiger partial charge on any atom is -0.395 e. The molecule has 0 aromatic heterocycles. The highest BCUT2D eigenvalue weighted by Gasteiger charge is 2.23. The van der Waals surface area contributed by atoms with Crippen molar-refractivity contribution in [2.24, 2.45) is 5.14 Å². The number of sulfonamides is 2. The van der Waals surface area contributed by atoms with Crippen molar-refractivity contribution < 1.29 is 21.2 Å². The molecule has 0 fully saturated rings. The molecule has 1 aromatic carbocycles.